The Morgan fingerprint density at radius 1 is 1.25 bits per heavy atom. The predicted molar refractivity (Wildman–Crippen MR) is 78.0 cm³/mol. The summed E-state index contributed by atoms with van der Waals surface area (Å²) in [5.74, 6) is 0. The van der Waals surface area contributed by atoms with E-state index in [0.717, 1.165) is 24.3 Å². The summed E-state index contributed by atoms with van der Waals surface area (Å²) in [5, 5.41) is 15.6. The average Bonchev–Trinajstić information content (AvgIpc) is 3.17. The van der Waals surface area contributed by atoms with E-state index in [2.05, 4.69) is 32.7 Å². The van der Waals surface area contributed by atoms with E-state index in [9.17, 15) is 0 Å². The van der Waals surface area contributed by atoms with Gasteiger partial charge in [0, 0.05) is 16.8 Å². The summed E-state index contributed by atoms with van der Waals surface area (Å²) in [5.41, 5.74) is 2.00. The van der Waals surface area contributed by atoms with Gasteiger partial charge >= 0.3 is 0 Å². The van der Waals surface area contributed by atoms with Gasteiger partial charge in [-0.3, -0.25) is 0 Å². The molecule has 20 heavy (non-hydrogen) atoms. The lowest BCUT2D eigenvalue weighted by Gasteiger charge is -2.05. The van der Waals surface area contributed by atoms with Gasteiger partial charge in [0.15, 0.2) is 0 Å². The molecule has 0 saturated carbocycles. The van der Waals surface area contributed by atoms with Crippen LogP contribution in [-0.4, -0.2) is 25.2 Å². The van der Waals surface area contributed by atoms with Gasteiger partial charge in [-0.1, -0.05) is 6.92 Å². The zero-order chi connectivity index (χ0) is 13.8. The first-order valence-electron chi connectivity index (χ1n) is 6.36. The van der Waals surface area contributed by atoms with E-state index in [-0.39, 0.29) is 0 Å². The van der Waals surface area contributed by atoms with Crippen molar-refractivity contribution in [1.82, 2.24) is 25.2 Å². The van der Waals surface area contributed by atoms with Gasteiger partial charge in [-0.15, -0.1) is 16.4 Å². The number of rotatable bonds is 5. The summed E-state index contributed by atoms with van der Waals surface area (Å²) in [6.45, 7) is 2.91. The third kappa shape index (κ3) is 2.83. The van der Waals surface area contributed by atoms with Crippen LogP contribution in [0.1, 0.15) is 16.8 Å². The van der Waals surface area contributed by atoms with Gasteiger partial charge in [0.05, 0.1) is 17.2 Å². The Labute approximate surface area is 120 Å². The largest absolute Gasteiger partial charge is 0.380 e. The second-order valence-corrected chi connectivity index (χ2v) is 5.43. The smallest absolute Gasteiger partial charge is 0.143 e. The highest BCUT2D eigenvalue weighted by Gasteiger charge is 2.01. The molecule has 3 rings (SSSR count). The van der Waals surface area contributed by atoms with Gasteiger partial charge in [0.25, 0.3) is 0 Å². The Morgan fingerprint density at radius 2 is 2.10 bits per heavy atom. The van der Waals surface area contributed by atoms with Crippen LogP contribution in [0.15, 0.2) is 36.8 Å². The summed E-state index contributed by atoms with van der Waals surface area (Å²) in [6, 6.07) is 7.98. The fourth-order valence-electron chi connectivity index (χ4n) is 1.79. The summed E-state index contributed by atoms with van der Waals surface area (Å²) >= 11 is 1.75. The fourth-order valence-corrected chi connectivity index (χ4v) is 2.60. The molecule has 0 aliphatic rings. The van der Waals surface area contributed by atoms with Gasteiger partial charge in [0.2, 0.25) is 0 Å². The molecule has 0 amide bonds. The van der Waals surface area contributed by atoms with E-state index >= 15 is 0 Å². The minimum absolute atomic E-state index is 0.794. The number of thiazole rings is 1. The van der Waals surface area contributed by atoms with Gasteiger partial charge < -0.3 is 5.32 Å². The molecule has 0 fully saturated rings. The molecule has 0 atom stereocenters. The van der Waals surface area contributed by atoms with Crippen molar-refractivity contribution in [3.05, 3.63) is 46.7 Å². The molecule has 102 valence electrons. The minimum atomic E-state index is 0.794. The van der Waals surface area contributed by atoms with E-state index in [1.165, 1.54) is 9.88 Å². The van der Waals surface area contributed by atoms with Crippen LogP contribution in [0.3, 0.4) is 0 Å². The molecular formula is C13H14N6S. The maximum Gasteiger partial charge on any atom is 0.143 e. The molecule has 0 radical (unpaired) electrons. The topological polar surface area (TPSA) is 68.5 Å². The monoisotopic (exact) mass is 286 g/mol. The lowest BCUT2D eigenvalue weighted by atomic mass is 10.3. The van der Waals surface area contributed by atoms with Crippen LogP contribution >= 0.6 is 11.3 Å². The first-order chi connectivity index (χ1) is 9.85. The highest BCUT2D eigenvalue weighted by molar-refractivity contribution is 7.11. The average molecular weight is 286 g/mol. The van der Waals surface area contributed by atoms with Crippen molar-refractivity contribution >= 4 is 17.0 Å². The Bertz CT molecular complexity index is 658. The maximum absolute atomic E-state index is 4.35. The molecule has 6 nitrogen and oxygen atoms in total. The third-order valence-corrected chi connectivity index (χ3v) is 3.99. The quantitative estimate of drug-likeness (QED) is 0.779. The van der Waals surface area contributed by atoms with Crippen molar-refractivity contribution in [3.8, 4) is 5.69 Å². The molecule has 7 heteroatoms. The normalized spacial score (nSPS) is 10.7. The molecule has 1 N–H and O–H groups in total. The zero-order valence-corrected chi connectivity index (χ0v) is 11.8. The number of aryl methyl sites for hydroxylation is 1. The van der Waals surface area contributed by atoms with E-state index < -0.39 is 0 Å². The Hall–Kier alpha value is -2.28. The van der Waals surface area contributed by atoms with Gasteiger partial charge in [0.1, 0.15) is 6.33 Å². The number of nitrogens with zero attached hydrogens (tertiary/aromatic N) is 5. The first-order valence-corrected chi connectivity index (χ1v) is 7.17. The Kier molecular flexibility index (Phi) is 3.69. The summed E-state index contributed by atoms with van der Waals surface area (Å²) in [6.07, 6.45) is 4.50. The summed E-state index contributed by atoms with van der Waals surface area (Å²) in [4.78, 5) is 5.59. The lowest BCUT2D eigenvalue weighted by molar-refractivity contribution is 0.789. The van der Waals surface area contributed by atoms with Crippen molar-refractivity contribution in [2.75, 3.05) is 5.32 Å². The molecule has 0 aliphatic carbocycles. The predicted octanol–water partition coefficient (Wildman–Crippen LogP) is 2.29. The molecule has 0 spiro atoms. The molecule has 0 bridgehead atoms. The summed E-state index contributed by atoms with van der Waals surface area (Å²) in [7, 11) is 0. The Balaban J connectivity index is 1.63. The number of nitrogens with one attached hydrogen (secondary N) is 1. The second-order valence-electron chi connectivity index (χ2n) is 4.23. The van der Waals surface area contributed by atoms with Crippen molar-refractivity contribution in [2.45, 2.75) is 19.9 Å². The molecule has 1 aromatic carbocycles. The third-order valence-electron chi connectivity index (χ3n) is 2.85. The molecule has 0 saturated heterocycles. The van der Waals surface area contributed by atoms with Crippen LogP contribution in [0.4, 0.5) is 5.69 Å². The number of hydrogen-bond acceptors (Lipinski definition) is 6. The molecule has 3 aromatic rings. The van der Waals surface area contributed by atoms with E-state index in [4.69, 9.17) is 0 Å². The van der Waals surface area contributed by atoms with Crippen LogP contribution in [0, 0.1) is 0 Å². The van der Waals surface area contributed by atoms with Gasteiger partial charge in [-0.05, 0) is 41.1 Å². The number of benzene rings is 1. The van der Waals surface area contributed by atoms with Crippen molar-refractivity contribution < 1.29 is 0 Å². The van der Waals surface area contributed by atoms with Crippen molar-refractivity contribution in [2.24, 2.45) is 0 Å². The van der Waals surface area contributed by atoms with E-state index in [0.29, 0.717) is 0 Å². The minimum Gasteiger partial charge on any atom is -0.380 e. The lowest BCUT2D eigenvalue weighted by Crippen LogP contribution is -1.99. The second kappa shape index (κ2) is 5.79. The van der Waals surface area contributed by atoms with Crippen LogP contribution in [0.2, 0.25) is 0 Å². The van der Waals surface area contributed by atoms with Crippen LogP contribution in [0.5, 0.6) is 0 Å². The molecule has 2 aromatic heterocycles. The molecular weight excluding hydrogens is 272 g/mol. The molecule has 2 heterocycles. The standard InChI is InChI=1S/C13H14N6S/c1-2-13-15-8-12(20-13)7-14-10-3-5-11(6-4-10)19-9-16-17-18-19/h3-6,8-9,14H,2,7H2,1H3. The van der Waals surface area contributed by atoms with E-state index in [1.807, 2.05) is 30.5 Å². The number of tetrazole rings is 1. The van der Waals surface area contributed by atoms with E-state index in [1.54, 1.807) is 22.3 Å². The fraction of sp³-hybridized carbons (Fsp3) is 0.231. The van der Waals surface area contributed by atoms with Gasteiger partial charge in [-0.25, -0.2) is 9.67 Å². The number of aromatic nitrogens is 5. The van der Waals surface area contributed by atoms with Crippen LogP contribution in [0.25, 0.3) is 5.69 Å². The SMILES string of the molecule is CCc1ncc(CNc2ccc(-n3cnnn3)cc2)s1. The Morgan fingerprint density at radius 3 is 2.75 bits per heavy atom. The number of anilines is 1. The van der Waals surface area contributed by atoms with Crippen LogP contribution in [-0.2, 0) is 13.0 Å². The first kappa shape index (κ1) is 12.7. The van der Waals surface area contributed by atoms with Crippen molar-refractivity contribution in [3.63, 3.8) is 0 Å². The van der Waals surface area contributed by atoms with Gasteiger partial charge in [-0.2, -0.15) is 0 Å². The zero-order valence-electron chi connectivity index (χ0n) is 11.0. The molecule has 0 unspecified atom stereocenters. The van der Waals surface area contributed by atoms with Crippen LogP contribution < -0.4 is 5.32 Å². The summed E-state index contributed by atoms with van der Waals surface area (Å²) < 4.78 is 1.63. The highest BCUT2D eigenvalue weighted by atomic mass is 32.1. The highest BCUT2D eigenvalue weighted by Crippen LogP contribution is 2.17. The van der Waals surface area contributed by atoms with Crippen molar-refractivity contribution in [1.29, 1.82) is 0 Å². The maximum atomic E-state index is 4.35. The molecule has 0 aliphatic heterocycles. The number of hydrogen-bond donors (Lipinski definition) is 1.